The third kappa shape index (κ3) is 8.06. The van der Waals surface area contributed by atoms with Crippen molar-refractivity contribution in [1.29, 1.82) is 0 Å². The molecular weight excluding hydrogens is 692 g/mol. The Labute approximate surface area is 286 Å². The number of hydrogen-bond donors (Lipinski definition) is 7. The van der Waals surface area contributed by atoms with Crippen molar-refractivity contribution in [2.75, 3.05) is 31.2 Å². The topological polar surface area (TPSA) is 281 Å². The van der Waals surface area contributed by atoms with Gasteiger partial charge in [0, 0.05) is 24.9 Å². The minimum Gasteiger partial charge on any atom is -0.478 e. The molecule has 1 aromatic rings. The highest BCUT2D eigenvalue weighted by atomic mass is 35.5. The van der Waals surface area contributed by atoms with Crippen molar-refractivity contribution in [2.24, 2.45) is 21.6 Å². The molecule has 1 aromatic heterocycles. The summed E-state index contributed by atoms with van der Waals surface area (Å²) in [5.74, 6) is -4.27. The fourth-order valence-corrected chi connectivity index (χ4v) is 6.64. The lowest BCUT2D eigenvalue weighted by atomic mass is 10.0. The van der Waals surface area contributed by atoms with Crippen molar-refractivity contribution in [1.82, 2.24) is 25.4 Å². The standard InChI is InChI=1S/C27H33ClN10O8S2/c1-27(2,25(44)45)46-36-16(15-19(28)48-26(31)35-15)21(40)34-17-22(41)38-18(24(42)43)12(10-47-23(17)38)5-4-8-37-9-13(20(30)32-11-37)33-14(39)6-3-7-29/h4-5,9,17,23H,3,6-8,10-11,29H2,1-2H3,(H2,30,32)(H2,31,35)(H,33,39)(H,34,40)(H,42,43)(H,44,45)/b5-4+,36-16-/t17-,23?/m1/s1. The average molecular weight is 725 g/mol. The Morgan fingerprint density at radius 3 is 2.62 bits per heavy atom. The lowest BCUT2D eigenvalue weighted by molar-refractivity contribution is -0.161. The van der Waals surface area contributed by atoms with E-state index in [0.717, 1.165) is 16.2 Å². The summed E-state index contributed by atoms with van der Waals surface area (Å²) < 4.78 is -0.0296. The first kappa shape index (κ1) is 36.2. The van der Waals surface area contributed by atoms with E-state index in [9.17, 15) is 34.2 Å². The summed E-state index contributed by atoms with van der Waals surface area (Å²) in [6, 6.07) is -1.16. The highest BCUT2D eigenvalue weighted by Crippen LogP contribution is 2.41. The molecule has 1 saturated heterocycles. The number of aliphatic imine (C=N–C) groups is 1. The molecule has 0 saturated carbocycles. The first-order chi connectivity index (χ1) is 22.6. The molecule has 48 heavy (non-hydrogen) atoms. The van der Waals surface area contributed by atoms with Crippen LogP contribution >= 0.6 is 34.7 Å². The Kier molecular flexibility index (Phi) is 11.3. The van der Waals surface area contributed by atoms with E-state index in [2.05, 4.69) is 25.8 Å². The predicted molar refractivity (Wildman–Crippen MR) is 177 cm³/mol. The van der Waals surface area contributed by atoms with Crippen molar-refractivity contribution >= 4 is 81.0 Å². The lowest BCUT2D eigenvalue weighted by Gasteiger charge is -2.49. The third-order valence-electron chi connectivity index (χ3n) is 6.96. The number of aliphatic carboxylic acids is 2. The molecule has 258 valence electrons. The van der Waals surface area contributed by atoms with Gasteiger partial charge >= 0.3 is 11.9 Å². The molecule has 18 nitrogen and oxygen atoms in total. The summed E-state index contributed by atoms with van der Waals surface area (Å²) in [4.78, 5) is 78.6. The number of thiazole rings is 1. The maximum atomic E-state index is 13.4. The molecule has 2 atom stereocenters. The van der Waals surface area contributed by atoms with Gasteiger partial charge in [-0.2, -0.15) is 0 Å². The zero-order chi connectivity index (χ0) is 35.3. The third-order valence-corrected chi connectivity index (χ3v) is 9.35. The van der Waals surface area contributed by atoms with Gasteiger partial charge in [0.05, 0.1) is 5.70 Å². The maximum Gasteiger partial charge on any atom is 0.352 e. The first-order valence-electron chi connectivity index (χ1n) is 14.2. The molecule has 0 radical (unpaired) electrons. The number of carbonyl (C=O) groups is 5. The number of thioether (sulfide) groups is 1. The van der Waals surface area contributed by atoms with Gasteiger partial charge in [-0.05, 0) is 32.4 Å². The first-order valence-corrected chi connectivity index (χ1v) is 16.4. The van der Waals surface area contributed by atoms with Gasteiger partial charge in [-0.1, -0.05) is 40.2 Å². The summed E-state index contributed by atoms with van der Waals surface area (Å²) in [6.45, 7) is 3.27. The number of carboxylic acids is 2. The van der Waals surface area contributed by atoms with Crippen molar-refractivity contribution in [3.05, 3.63) is 45.3 Å². The van der Waals surface area contributed by atoms with E-state index in [1.165, 1.54) is 25.6 Å². The number of nitrogen functional groups attached to an aromatic ring is 1. The molecule has 3 amide bonds. The SMILES string of the molecule is CC(C)(O/N=C(\C(=O)N[C@@H]1C(=O)N2C(C(=O)O)=C(/C=C/CN3C=C(NC(=O)CCCN)C(N)=NC3)CSC12)c1nc(N)sc1Cl)C(=O)O. The predicted octanol–water partition coefficient (Wildman–Crippen LogP) is -0.416. The Morgan fingerprint density at radius 1 is 1.27 bits per heavy atom. The molecule has 0 bridgehead atoms. The number of carbonyl (C=O) groups excluding carboxylic acids is 3. The van der Waals surface area contributed by atoms with Crippen molar-refractivity contribution in [3.63, 3.8) is 0 Å². The van der Waals surface area contributed by atoms with Gasteiger partial charge in [-0.15, -0.1) is 11.8 Å². The number of halogens is 1. The maximum absolute atomic E-state index is 13.4. The summed E-state index contributed by atoms with van der Waals surface area (Å²) >= 11 is 8.24. The average Bonchev–Trinajstić information content (AvgIpc) is 3.36. The molecule has 10 N–H and O–H groups in total. The summed E-state index contributed by atoms with van der Waals surface area (Å²) in [5, 5.41) is 27.5. The van der Waals surface area contributed by atoms with Gasteiger partial charge in [0.2, 0.25) is 11.5 Å². The Bertz CT molecular complexity index is 1670. The number of amidine groups is 1. The lowest BCUT2D eigenvalue weighted by Crippen LogP contribution is -2.71. The molecule has 4 heterocycles. The molecule has 0 aromatic carbocycles. The van der Waals surface area contributed by atoms with Crippen LogP contribution in [0.2, 0.25) is 4.34 Å². The van der Waals surface area contributed by atoms with Crippen LogP contribution in [-0.2, 0) is 28.8 Å². The van der Waals surface area contributed by atoms with Crippen LogP contribution in [0.15, 0.2) is 45.5 Å². The number of fused-ring (bicyclic) bond motifs is 1. The van der Waals surface area contributed by atoms with Gasteiger partial charge in [0.1, 0.15) is 39.6 Å². The number of allylic oxidation sites excluding steroid dienone is 1. The molecule has 0 spiro atoms. The number of nitrogens with two attached hydrogens (primary N) is 3. The monoisotopic (exact) mass is 724 g/mol. The van der Waals surface area contributed by atoms with Crippen LogP contribution in [-0.4, -0.2) is 109 Å². The molecule has 21 heteroatoms. The quantitative estimate of drug-likeness (QED) is 0.0729. The minimum atomic E-state index is -1.83. The highest BCUT2D eigenvalue weighted by molar-refractivity contribution is 8.00. The zero-order valence-electron chi connectivity index (χ0n) is 25.6. The second-order valence-electron chi connectivity index (χ2n) is 10.9. The minimum absolute atomic E-state index is 0.00255. The number of hydrogen-bond acceptors (Lipinski definition) is 15. The largest absolute Gasteiger partial charge is 0.478 e. The molecule has 3 aliphatic heterocycles. The van der Waals surface area contributed by atoms with Crippen molar-refractivity contribution in [2.45, 2.75) is 43.7 Å². The van der Waals surface area contributed by atoms with E-state index in [1.807, 2.05) is 0 Å². The number of nitrogens with one attached hydrogen (secondary N) is 2. The number of amides is 3. The molecular formula is C27H33ClN10O8S2. The number of anilines is 1. The van der Waals surface area contributed by atoms with Gasteiger partial charge in [0.25, 0.3) is 11.8 Å². The van der Waals surface area contributed by atoms with Crippen LogP contribution in [0.1, 0.15) is 32.4 Å². The molecule has 0 aliphatic carbocycles. The molecule has 4 rings (SSSR count). The number of nitrogens with zero attached hydrogens (tertiary/aromatic N) is 5. The van der Waals surface area contributed by atoms with Crippen LogP contribution in [0.25, 0.3) is 0 Å². The van der Waals surface area contributed by atoms with Crippen LogP contribution in [0.3, 0.4) is 0 Å². The van der Waals surface area contributed by atoms with Crippen LogP contribution in [0, 0.1) is 0 Å². The number of carboxylic acid groups (broad SMARTS) is 2. The fourth-order valence-electron chi connectivity index (χ4n) is 4.39. The number of β-lactam (4-membered cyclic amide) rings is 1. The number of aromatic nitrogens is 1. The molecule has 1 unspecified atom stereocenters. The summed E-state index contributed by atoms with van der Waals surface area (Å²) in [5.41, 5.74) is 15.0. The smallest absolute Gasteiger partial charge is 0.352 e. The van der Waals surface area contributed by atoms with E-state index >= 15 is 0 Å². The van der Waals surface area contributed by atoms with E-state index in [0.29, 0.717) is 24.2 Å². The van der Waals surface area contributed by atoms with E-state index in [1.54, 1.807) is 23.3 Å². The van der Waals surface area contributed by atoms with Crippen molar-refractivity contribution in [3.8, 4) is 0 Å². The Balaban J connectivity index is 1.47. The van der Waals surface area contributed by atoms with Crippen LogP contribution in [0.4, 0.5) is 5.13 Å². The summed E-state index contributed by atoms with van der Waals surface area (Å²) in [6.07, 6.45) is 5.66. The normalized spacial score (nSPS) is 19.8. The van der Waals surface area contributed by atoms with Gasteiger partial charge in [0.15, 0.2) is 10.8 Å². The highest BCUT2D eigenvalue weighted by Gasteiger charge is 2.54. The van der Waals surface area contributed by atoms with E-state index in [-0.39, 0.29) is 58.0 Å². The van der Waals surface area contributed by atoms with Gasteiger partial charge < -0.3 is 47.8 Å². The zero-order valence-corrected chi connectivity index (χ0v) is 28.0. The second kappa shape index (κ2) is 15.0. The molecule has 3 aliphatic rings. The van der Waals surface area contributed by atoms with E-state index < -0.39 is 46.5 Å². The van der Waals surface area contributed by atoms with Gasteiger partial charge in [-0.3, -0.25) is 19.3 Å². The van der Waals surface area contributed by atoms with Crippen molar-refractivity contribution < 1.29 is 39.0 Å². The number of rotatable bonds is 14. The number of oxime groups is 1. The summed E-state index contributed by atoms with van der Waals surface area (Å²) in [7, 11) is 0. The van der Waals surface area contributed by atoms with Crippen LogP contribution < -0.4 is 27.8 Å². The van der Waals surface area contributed by atoms with Gasteiger partial charge in [-0.25, -0.2) is 19.6 Å². The van der Waals surface area contributed by atoms with E-state index in [4.69, 9.17) is 33.6 Å². The fraction of sp³-hybridized carbons (Fsp3) is 0.407. The Hall–Kier alpha value is -4.66. The molecule has 1 fully saturated rings. The van der Waals surface area contributed by atoms with Crippen LogP contribution in [0.5, 0.6) is 0 Å². The second-order valence-corrected chi connectivity index (χ2v) is 13.6. The Morgan fingerprint density at radius 2 is 2.00 bits per heavy atom.